The van der Waals surface area contributed by atoms with Gasteiger partial charge in [-0.1, -0.05) is 23.4 Å². The molecule has 2 aromatic carbocycles. The molecule has 9 heteroatoms. The Morgan fingerprint density at radius 3 is 2.82 bits per heavy atom. The number of esters is 1. The van der Waals surface area contributed by atoms with Gasteiger partial charge in [-0.3, -0.25) is 9.69 Å². The van der Waals surface area contributed by atoms with E-state index in [4.69, 9.17) is 22.1 Å². The second kappa shape index (κ2) is 10.7. The number of anilines is 3. The maximum atomic E-state index is 13.4. The zero-order valence-electron chi connectivity index (χ0n) is 18.8. The zero-order chi connectivity index (χ0) is 24.1. The number of carbonyl (C=O) groups excluding carboxylic acids is 1. The summed E-state index contributed by atoms with van der Waals surface area (Å²) in [5.41, 5.74) is 8.74. The lowest BCUT2D eigenvalue weighted by molar-refractivity contribution is -0.149. The summed E-state index contributed by atoms with van der Waals surface area (Å²) in [4.78, 5) is 22.7. The van der Waals surface area contributed by atoms with Crippen LogP contribution in [0.3, 0.4) is 0 Å². The topological polar surface area (TPSA) is 93.4 Å². The van der Waals surface area contributed by atoms with Crippen LogP contribution in [0.4, 0.5) is 21.6 Å². The van der Waals surface area contributed by atoms with Crippen molar-refractivity contribution < 1.29 is 13.9 Å². The van der Waals surface area contributed by atoms with Crippen LogP contribution in [-0.2, 0) is 9.53 Å². The number of nitrogens with zero attached hydrogens (tertiary/aromatic N) is 3. The number of nitrogens with two attached hydrogens (primary N) is 1. The summed E-state index contributed by atoms with van der Waals surface area (Å²) in [5.74, 6) is 6.24. The normalized spacial score (nSPS) is 14.4. The van der Waals surface area contributed by atoms with Crippen molar-refractivity contribution in [1.29, 1.82) is 0 Å². The number of likely N-dealkylation sites (tertiary alicyclic amines) is 1. The van der Waals surface area contributed by atoms with Gasteiger partial charge in [0.25, 0.3) is 0 Å². The van der Waals surface area contributed by atoms with Crippen LogP contribution < -0.4 is 11.1 Å². The van der Waals surface area contributed by atoms with Gasteiger partial charge < -0.3 is 15.8 Å². The second-order valence-corrected chi connectivity index (χ2v) is 8.44. The third kappa shape index (κ3) is 5.56. The van der Waals surface area contributed by atoms with Crippen LogP contribution in [0.2, 0.25) is 5.02 Å². The van der Waals surface area contributed by atoms with E-state index >= 15 is 0 Å². The number of benzene rings is 2. The average Bonchev–Trinajstić information content (AvgIpc) is 2.83. The Kier molecular flexibility index (Phi) is 7.46. The molecule has 7 nitrogen and oxygen atoms in total. The van der Waals surface area contributed by atoms with Gasteiger partial charge in [0.2, 0.25) is 0 Å². The van der Waals surface area contributed by atoms with Gasteiger partial charge in [0.15, 0.2) is 0 Å². The van der Waals surface area contributed by atoms with Gasteiger partial charge in [0.05, 0.1) is 29.6 Å². The number of nitrogens with one attached hydrogen (secondary N) is 1. The van der Waals surface area contributed by atoms with E-state index in [2.05, 4.69) is 32.0 Å². The van der Waals surface area contributed by atoms with Crippen LogP contribution in [0.1, 0.15) is 25.3 Å². The summed E-state index contributed by atoms with van der Waals surface area (Å²) >= 11 is 5.88. The minimum Gasteiger partial charge on any atom is -0.466 e. The monoisotopic (exact) mass is 481 g/mol. The van der Waals surface area contributed by atoms with Gasteiger partial charge in [0, 0.05) is 22.3 Å². The molecule has 2 heterocycles. The molecule has 3 N–H and O–H groups in total. The van der Waals surface area contributed by atoms with E-state index in [0.717, 1.165) is 25.9 Å². The van der Waals surface area contributed by atoms with E-state index in [9.17, 15) is 9.18 Å². The fourth-order valence-corrected chi connectivity index (χ4v) is 4.05. The van der Waals surface area contributed by atoms with Crippen molar-refractivity contribution in [2.24, 2.45) is 5.92 Å². The number of carbonyl (C=O) groups is 1. The maximum Gasteiger partial charge on any atom is 0.309 e. The first-order chi connectivity index (χ1) is 16.4. The van der Waals surface area contributed by atoms with Crippen molar-refractivity contribution >= 4 is 45.7 Å². The molecular weight excluding hydrogens is 457 g/mol. The van der Waals surface area contributed by atoms with Gasteiger partial charge in [0.1, 0.15) is 18.0 Å². The molecule has 0 unspecified atom stereocenters. The minimum atomic E-state index is -0.490. The molecule has 1 aromatic heterocycles. The molecule has 3 aromatic rings. The summed E-state index contributed by atoms with van der Waals surface area (Å²) in [6.45, 7) is 4.45. The molecule has 0 bridgehead atoms. The Morgan fingerprint density at radius 2 is 2.09 bits per heavy atom. The molecule has 0 radical (unpaired) electrons. The van der Waals surface area contributed by atoms with Crippen LogP contribution in [0, 0.1) is 23.6 Å². The molecule has 34 heavy (non-hydrogen) atoms. The number of fused-ring (bicyclic) bond motifs is 1. The molecule has 4 rings (SSSR count). The molecule has 1 fully saturated rings. The Bertz CT molecular complexity index is 1270. The molecule has 0 amide bonds. The van der Waals surface area contributed by atoms with E-state index in [1.54, 1.807) is 12.1 Å². The van der Waals surface area contributed by atoms with Crippen LogP contribution >= 0.6 is 11.6 Å². The molecular formula is C25H25ClFN5O2. The number of piperidine rings is 1. The molecule has 176 valence electrons. The van der Waals surface area contributed by atoms with Crippen LogP contribution in [-0.4, -0.2) is 47.1 Å². The van der Waals surface area contributed by atoms with Crippen molar-refractivity contribution in [2.45, 2.75) is 19.8 Å². The van der Waals surface area contributed by atoms with Gasteiger partial charge >= 0.3 is 5.97 Å². The lowest BCUT2D eigenvalue weighted by atomic mass is 9.97. The lowest BCUT2D eigenvalue weighted by Gasteiger charge is -2.29. The van der Waals surface area contributed by atoms with Crippen LogP contribution in [0.25, 0.3) is 10.9 Å². The first-order valence-corrected chi connectivity index (χ1v) is 11.5. The van der Waals surface area contributed by atoms with Gasteiger partial charge in [-0.15, -0.1) is 0 Å². The van der Waals surface area contributed by atoms with Gasteiger partial charge in [-0.2, -0.15) is 0 Å². The van der Waals surface area contributed by atoms with E-state index in [-0.39, 0.29) is 16.9 Å². The molecule has 1 aliphatic rings. The summed E-state index contributed by atoms with van der Waals surface area (Å²) in [6, 6.07) is 7.96. The molecule has 1 saturated heterocycles. The Labute approximate surface area is 202 Å². The number of ether oxygens (including phenoxy) is 1. The van der Waals surface area contributed by atoms with Crippen molar-refractivity contribution in [2.75, 3.05) is 37.3 Å². The van der Waals surface area contributed by atoms with E-state index in [1.807, 2.05) is 13.0 Å². The number of nitrogen functional groups attached to an aromatic ring is 1. The highest BCUT2D eigenvalue weighted by molar-refractivity contribution is 6.31. The average molecular weight is 482 g/mol. The maximum absolute atomic E-state index is 13.4. The first kappa shape index (κ1) is 23.7. The van der Waals surface area contributed by atoms with Crippen molar-refractivity contribution in [1.82, 2.24) is 14.9 Å². The first-order valence-electron chi connectivity index (χ1n) is 11.1. The van der Waals surface area contributed by atoms with E-state index in [0.29, 0.717) is 46.8 Å². The van der Waals surface area contributed by atoms with Crippen molar-refractivity contribution in [3.8, 4) is 11.8 Å². The fraction of sp³-hybridized carbons (Fsp3) is 0.320. The number of halogens is 2. The molecule has 0 spiro atoms. The minimum absolute atomic E-state index is 0.0190. The standard InChI is InChI=1S/C25H25ClFN5O2/c1-2-34-25(33)16-7-10-32(11-8-16)9-3-4-17-12-23-19(14-22(17)28)24(30-15-29-23)31-18-5-6-21(27)20(26)13-18/h5-6,12-16H,2,7-11,28H2,1H3,(H,29,30,31). The molecule has 0 aliphatic carbocycles. The second-order valence-electron chi connectivity index (χ2n) is 8.04. The predicted molar refractivity (Wildman–Crippen MR) is 131 cm³/mol. The van der Waals surface area contributed by atoms with Crippen molar-refractivity contribution in [3.63, 3.8) is 0 Å². The summed E-state index contributed by atoms with van der Waals surface area (Å²) in [5, 5.41) is 3.87. The Hall–Kier alpha value is -3.41. The Morgan fingerprint density at radius 1 is 1.29 bits per heavy atom. The number of hydrogen-bond donors (Lipinski definition) is 2. The summed E-state index contributed by atoms with van der Waals surface area (Å²) < 4.78 is 18.6. The largest absolute Gasteiger partial charge is 0.466 e. The fourth-order valence-electron chi connectivity index (χ4n) is 3.87. The van der Waals surface area contributed by atoms with Gasteiger partial charge in [-0.05, 0) is 63.2 Å². The van der Waals surface area contributed by atoms with Crippen LogP contribution in [0.15, 0.2) is 36.7 Å². The highest BCUT2D eigenvalue weighted by atomic mass is 35.5. The van der Waals surface area contributed by atoms with Crippen molar-refractivity contribution in [3.05, 3.63) is 53.1 Å². The summed E-state index contributed by atoms with van der Waals surface area (Å²) in [6.07, 6.45) is 3.01. The highest BCUT2D eigenvalue weighted by Gasteiger charge is 2.25. The summed E-state index contributed by atoms with van der Waals surface area (Å²) in [7, 11) is 0. The van der Waals surface area contributed by atoms with E-state index < -0.39 is 5.82 Å². The molecule has 0 atom stereocenters. The molecule has 0 saturated carbocycles. The zero-order valence-corrected chi connectivity index (χ0v) is 19.5. The predicted octanol–water partition coefficient (Wildman–Crippen LogP) is 4.37. The third-order valence-corrected chi connectivity index (χ3v) is 6.01. The number of hydrogen-bond acceptors (Lipinski definition) is 7. The van der Waals surface area contributed by atoms with Crippen LogP contribution in [0.5, 0.6) is 0 Å². The molecule has 1 aliphatic heterocycles. The SMILES string of the molecule is CCOC(=O)C1CCN(CC#Cc2cc3ncnc(Nc4ccc(F)c(Cl)c4)c3cc2N)CC1. The lowest BCUT2D eigenvalue weighted by Crippen LogP contribution is -2.37. The smallest absolute Gasteiger partial charge is 0.309 e. The number of rotatable bonds is 5. The quantitative estimate of drug-likeness (QED) is 0.317. The number of aromatic nitrogens is 2. The van der Waals surface area contributed by atoms with Gasteiger partial charge in [-0.25, -0.2) is 14.4 Å². The van der Waals surface area contributed by atoms with E-state index in [1.165, 1.54) is 18.5 Å². The third-order valence-electron chi connectivity index (χ3n) is 5.72. The Balaban J connectivity index is 1.45. The highest BCUT2D eigenvalue weighted by Crippen LogP contribution is 2.28.